The molecule has 0 unspecified atom stereocenters. The first-order valence-electron chi connectivity index (χ1n) is 4.29. The van der Waals surface area contributed by atoms with Crippen LogP contribution in [-0.4, -0.2) is 26.0 Å². The van der Waals surface area contributed by atoms with Crippen LogP contribution in [0, 0.1) is 0 Å². The lowest BCUT2D eigenvalue weighted by molar-refractivity contribution is 0.180. The monoisotopic (exact) mass is 169 g/mol. The zero-order valence-electron chi connectivity index (χ0n) is 7.35. The van der Waals surface area contributed by atoms with E-state index in [0.29, 0.717) is 0 Å². The summed E-state index contributed by atoms with van der Waals surface area (Å²) in [6.45, 7) is 2.71. The summed E-state index contributed by atoms with van der Waals surface area (Å²) in [5.41, 5.74) is 0. The molecule has 0 fully saturated rings. The first-order chi connectivity index (χ1) is 5.79. The molecule has 0 aliphatic rings. The van der Waals surface area contributed by atoms with Gasteiger partial charge in [-0.1, -0.05) is 0 Å². The molecule has 0 aliphatic heterocycles. The Morgan fingerprint density at radius 2 is 2.33 bits per heavy atom. The van der Waals surface area contributed by atoms with E-state index in [0.717, 1.165) is 25.8 Å². The van der Waals surface area contributed by atoms with Crippen LogP contribution in [-0.2, 0) is 6.54 Å². The van der Waals surface area contributed by atoms with Crippen LogP contribution in [0.15, 0.2) is 12.7 Å². The van der Waals surface area contributed by atoms with E-state index in [9.17, 15) is 0 Å². The van der Waals surface area contributed by atoms with Gasteiger partial charge in [0.1, 0.15) is 12.7 Å². The van der Waals surface area contributed by atoms with Gasteiger partial charge in [0.05, 0.1) is 6.10 Å². The standard InChI is InChI=1S/C8H15N3O/c1-8(12)4-2-3-5-11-7-9-6-10-11/h6-8,12H,2-5H2,1H3/t8-/m0/s1. The van der Waals surface area contributed by atoms with Crippen molar-refractivity contribution in [2.75, 3.05) is 0 Å². The Kier molecular flexibility index (Phi) is 3.73. The van der Waals surface area contributed by atoms with Crippen LogP contribution < -0.4 is 0 Å². The number of nitrogens with zero attached hydrogens (tertiary/aromatic N) is 3. The minimum Gasteiger partial charge on any atom is -0.393 e. The number of aryl methyl sites for hydroxylation is 1. The Hall–Kier alpha value is -0.900. The minimum atomic E-state index is -0.180. The van der Waals surface area contributed by atoms with Crippen LogP contribution in [0.1, 0.15) is 26.2 Å². The Labute approximate surface area is 72.2 Å². The third kappa shape index (κ3) is 3.48. The van der Waals surface area contributed by atoms with Crippen molar-refractivity contribution in [1.29, 1.82) is 0 Å². The highest BCUT2D eigenvalue weighted by atomic mass is 16.3. The van der Waals surface area contributed by atoms with E-state index < -0.39 is 0 Å². The lowest BCUT2D eigenvalue weighted by Gasteiger charge is -2.03. The highest BCUT2D eigenvalue weighted by molar-refractivity contribution is 4.56. The molecule has 0 aromatic carbocycles. The third-order valence-corrected chi connectivity index (χ3v) is 1.73. The van der Waals surface area contributed by atoms with Crippen molar-refractivity contribution in [3.8, 4) is 0 Å². The molecule has 0 bridgehead atoms. The molecule has 4 nitrogen and oxygen atoms in total. The van der Waals surface area contributed by atoms with Gasteiger partial charge in [-0.15, -0.1) is 0 Å². The van der Waals surface area contributed by atoms with E-state index >= 15 is 0 Å². The molecule has 0 radical (unpaired) electrons. The molecule has 1 aromatic rings. The van der Waals surface area contributed by atoms with Crippen molar-refractivity contribution in [2.45, 2.75) is 38.8 Å². The normalized spacial score (nSPS) is 13.2. The van der Waals surface area contributed by atoms with Gasteiger partial charge in [-0.25, -0.2) is 4.98 Å². The van der Waals surface area contributed by atoms with Crippen LogP contribution in [0.3, 0.4) is 0 Å². The van der Waals surface area contributed by atoms with Crippen LogP contribution >= 0.6 is 0 Å². The summed E-state index contributed by atoms with van der Waals surface area (Å²) in [7, 11) is 0. The fraction of sp³-hybridized carbons (Fsp3) is 0.750. The van der Waals surface area contributed by atoms with Gasteiger partial charge in [0, 0.05) is 6.54 Å². The summed E-state index contributed by atoms with van der Waals surface area (Å²) in [5.74, 6) is 0. The highest BCUT2D eigenvalue weighted by Gasteiger charge is 1.95. The van der Waals surface area contributed by atoms with Crippen LogP contribution in [0.2, 0.25) is 0 Å². The van der Waals surface area contributed by atoms with E-state index in [2.05, 4.69) is 10.1 Å². The van der Waals surface area contributed by atoms with Crippen LogP contribution in [0.5, 0.6) is 0 Å². The van der Waals surface area contributed by atoms with Crippen LogP contribution in [0.25, 0.3) is 0 Å². The van der Waals surface area contributed by atoms with Crippen molar-refractivity contribution in [2.24, 2.45) is 0 Å². The quantitative estimate of drug-likeness (QED) is 0.664. The first-order valence-corrected chi connectivity index (χ1v) is 4.29. The topological polar surface area (TPSA) is 50.9 Å². The lowest BCUT2D eigenvalue weighted by atomic mass is 10.2. The average Bonchev–Trinajstić information content (AvgIpc) is 2.49. The Bertz CT molecular complexity index is 196. The maximum absolute atomic E-state index is 8.97. The summed E-state index contributed by atoms with van der Waals surface area (Å²) in [6, 6.07) is 0. The number of hydrogen-bond donors (Lipinski definition) is 1. The fourth-order valence-electron chi connectivity index (χ4n) is 1.06. The molecule has 12 heavy (non-hydrogen) atoms. The maximum Gasteiger partial charge on any atom is 0.137 e. The summed E-state index contributed by atoms with van der Waals surface area (Å²) in [4.78, 5) is 3.84. The molecular weight excluding hydrogens is 154 g/mol. The molecule has 1 heterocycles. The second kappa shape index (κ2) is 4.87. The average molecular weight is 169 g/mol. The third-order valence-electron chi connectivity index (χ3n) is 1.73. The van der Waals surface area contributed by atoms with Crippen molar-refractivity contribution in [1.82, 2.24) is 14.8 Å². The Morgan fingerprint density at radius 1 is 1.50 bits per heavy atom. The molecule has 4 heteroatoms. The van der Waals surface area contributed by atoms with Gasteiger partial charge in [-0.3, -0.25) is 4.68 Å². The summed E-state index contributed by atoms with van der Waals surface area (Å²) in [5, 5.41) is 13.0. The SMILES string of the molecule is C[C@H](O)CCCCn1cncn1. The zero-order chi connectivity index (χ0) is 8.81. The van der Waals surface area contributed by atoms with Gasteiger partial charge >= 0.3 is 0 Å². The highest BCUT2D eigenvalue weighted by Crippen LogP contribution is 2.00. The molecule has 0 spiro atoms. The van der Waals surface area contributed by atoms with E-state index in [-0.39, 0.29) is 6.10 Å². The maximum atomic E-state index is 8.97. The van der Waals surface area contributed by atoms with Gasteiger partial charge in [0.2, 0.25) is 0 Å². The van der Waals surface area contributed by atoms with Gasteiger partial charge in [-0.05, 0) is 26.2 Å². The molecule has 0 saturated carbocycles. The smallest absolute Gasteiger partial charge is 0.137 e. The molecule has 68 valence electrons. The Morgan fingerprint density at radius 3 is 2.92 bits per heavy atom. The summed E-state index contributed by atoms with van der Waals surface area (Å²) >= 11 is 0. The number of aromatic nitrogens is 3. The van der Waals surface area contributed by atoms with Gasteiger partial charge in [-0.2, -0.15) is 5.10 Å². The summed E-state index contributed by atoms with van der Waals surface area (Å²) < 4.78 is 1.81. The molecule has 0 aliphatic carbocycles. The molecule has 0 amide bonds. The number of hydrogen-bond acceptors (Lipinski definition) is 3. The van der Waals surface area contributed by atoms with Crippen molar-refractivity contribution in [3.05, 3.63) is 12.7 Å². The molecule has 0 saturated heterocycles. The van der Waals surface area contributed by atoms with Crippen molar-refractivity contribution in [3.63, 3.8) is 0 Å². The van der Waals surface area contributed by atoms with Gasteiger partial charge in [0.15, 0.2) is 0 Å². The largest absolute Gasteiger partial charge is 0.393 e. The second-order valence-electron chi connectivity index (χ2n) is 3.00. The van der Waals surface area contributed by atoms with Crippen molar-refractivity contribution < 1.29 is 5.11 Å². The second-order valence-corrected chi connectivity index (χ2v) is 3.00. The van der Waals surface area contributed by atoms with E-state index in [4.69, 9.17) is 5.11 Å². The summed E-state index contributed by atoms with van der Waals surface area (Å²) in [6.07, 6.45) is 6.03. The predicted octanol–water partition coefficient (Wildman–Crippen LogP) is 0.829. The molecule has 1 atom stereocenters. The predicted molar refractivity (Wildman–Crippen MR) is 45.6 cm³/mol. The van der Waals surface area contributed by atoms with E-state index in [1.165, 1.54) is 6.33 Å². The Balaban J connectivity index is 2.04. The minimum absolute atomic E-state index is 0.180. The number of unbranched alkanes of at least 4 members (excludes halogenated alkanes) is 1. The molecule has 1 aromatic heterocycles. The van der Waals surface area contributed by atoms with Crippen LogP contribution in [0.4, 0.5) is 0 Å². The van der Waals surface area contributed by atoms with Gasteiger partial charge < -0.3 is 5.11 Å². The first kappa shape index (κ1) is 9.19. The fourth-order valence-corrected chi connectivity index (χ4v) is 1.06. The van der Waals surface area contributed by atoms with E-state index in [1.54, 1.807) is 6.33 Å². The lowest BCUT2D eigenvalue weighted by Crippen LogP contribution is -2.02. The molecule has 1 N–H and O–H groups in total. The number of aliphatic hydroxyl groups excluding tert-OH is 1. The van der Waals surface area contributed by atoms with E-state index in [1.807, 2.05) is 11.6 Å². The van der Waals surface area contributed by atoms with Crippen molar-refractivity contribution >= 4 is 0 Å². The molecule has 1 rings (SSSR count). The molecular formula is C8H15N3O. The zero-order valence-corrected chi connectivity index (χ0v) is 7.35. The van der Waals surface area contributed by atoms with Gasteiger partial charge in [0.25, 0.3) is 0 Å². The number of aliphatic hydroxyl groups is 1. The number of rotatable bonds is 5.